The number of urea groups is 1. The van der Waals surface area contributed by atoms with Crippen LogP contribution in [-0.2, 0) is 4.79 Å². The quantitative estimate of drug-likeness (QED) is 0.603. The maximum atomic E-state index is 11.5. The highest BCUT2D eigenvalue weighted by atomic mass is 16.6. The maximum Gasteiger partial charge on any atom is 0.319 e. The number of nitriles is 1. The number of benzene rings is 1. The van der Waals surface area contributed by atoms with Gasteiger partial charge in [0.2, 0.25) is 0 Å². The van der Waals surface area contributed by atoms with Gasteiger partial charge in [-0.2, -0.15) is 5.26 Å². The topological polar surface area (TPSA) is 114 Å². The van der Waals surface area contributed by atoms with Gasteiger partial charge in [-0.3, -0.25) is 10.1 Å². The molecule has 1 aliphatic rings. The second-order valence-corrected chi connectivity index (χ2v) is 3.89. The second kappa shape index (κ2) is 5.75. The summed E-state index contributed by atoms with van der Waals surface area (Å²) in [5.74, 6) is 0.293. The summed E-state index contributed by atoms with van der Waals surface area (Å²) in [6, 6.07) is 5.68. The number of nitrogens with one attached hydrogen (secondary N) is 1. The average molecular weight is 273 g/mol. The molecule has 0 saturated heterocycles. The molecule has 1 aromatic rings. The van der Waals surface area contributed by atoms with Crippen LogP contribution in [-0.4, -0.2) is 25.2 Å². The summed E-state index contributed by atoms with van der Waals surface area (Å²) in [7, 11) is 0. The summed E-state index contributed by atoms with van der Waals surface area (Å²) in [4.78, 5) is 22.1. The largest absolute Gasteiger partial charge is 0.486 e. The first kappa shape index (κ1) is 13.4. The Bertz CT molecular complexity index is 631. The SMILES string of the molecule is N#C/C(=C/c1ccc2c(c1)OCCO2)C(=O)NC(N)=O. The third kappa shape index (κ3) is 3.05. The van der Waals surface area contributed by atoms with Crippen molar-refractivity contribution in [3.05, 3.63) is 29.3 Å². The Morgan fingerprint density at radius 1 is 1.30 bits per heavy atom. The number of primary amides is 1. The maximum absolute atomic E-state index is 11.5. The molecule has 0 unspecified atom stereocenters. The van der Waals surface area contributed by atoms with Crippen molar-refractivity contribution in [2.45, 2.75) is 0 Å². The predicted molar refractivity (Wildman–Crippen MR) is 68.7 cm³/mol. The lowest BCUT2D eigenvalue weighted by atomic mass is 10.1. The monoisotopic (exact) mass is 273 g/mol. The lowest BCUT2D eigenvalue weighted by Gasteiger charge is -2.18. The fourth-order valence-corrected chi connectivity index (χ4v) is 1.64. The summed E-state index contributed by atoms with van der Waals surface area (Å²) in [5.41, 5.74) is 5.17. The Labute approximate surface area is 114 Å². The molecule has 1 aromatic carbocycles. The highest BCUT2D eigenvalue weighted by Gasteiger charge is 2.14. The molecule has 1 aliphatic heterocycles. The Hall–Kier alpha value is -3.01. The molecule has 3 amide bonds. The average Bonchev–Trinajstić information content (AvgIpc) is 2.43. The van der Waals surface area contributed by atoms with Crippen LogP contribution in [0.3, 0.4) is 0 Å². The van der Waals surface area contributed by atoms with Crippen molar-refractivity contribution in [2.75, 3.05) is 13.2 Å². The number of imide groups is 1. The first-order chi connectivity index (χ1) is 9.60. The van der Waals surface area contributed by atoms with E-state index in [-0.39, 0.29) is 5.57 Å². The summed E-state index contributed by atoms with van der Waals surface area (Å²) >= 11 is 0. The molecular formula is C13H11N3O4. The van der Waals surface area contributed by atoms with Crippen molar-refractivity contribution in [1.82, 2.24) is 5.32 Å². The van der Waals surface area contributed by atoms with Crippen molar-refractivity contribution >= 4 is 18.0 Å². The van der Waals surface area contributed by atoms with Crippen LogP contribution in [0.5, 0.6) is 11.5 Å². The third-order valence-electron chi connectivity index (χ3n) is 2.48. The van der Waals surface area contributed by atoms with Crippen LogP contribution >= 0.6 is 0 Å². The molecule has 0 fully saturated rings. The number of hydrogen-bond donors (Lipinski definition) is 2. The molecule has 3 N–H and O–H groups in total. The van der Waals surface area contributed by atoms with Crippen molar-refractivity contribution in [2.24, 2.45) is 5.73 Å². The van der Waals surface area contributed by atoms with Crippen LogP contribution in [0.15, 0.2) is 23.8 Å². The van der Waals surface area contributed by atoms with Crippen LogP contribution < -0.4 is 20.5 Å². The van der Waals surface area contributed by atoms with Crippen LogP contribution in [0.25, 0.3) is 6.08 Å². The van der Waals surface area contributed by atoms with Crippen LogP contribution in [0, 0.1) is 11.3 Å². The van der Waals surface area contributed by atoms with Crippen molar-refractivity contribution in [3.63, 3.8) is 0 Å². The van der Waals surface area contributed by atoms with Gasteiger partial charge >= 0.3 is 6.03 Å². The smallest absolute Gasteiger partial charge is 0.319 e. The first-order valence-corrected chi connectivity index (χ1v) is 5.72. The van der Waals surface area contributed by atoms with Gasteiger partial charge in [0.15, 0.2) is 11.5 Å². The summed E-state index contributed by atoms with van der Waals surface area (Å²) in [5, 5.41) is 10.8. The van der Waals surface area contributed by atoms with E-state index in [1.165, 1.54) is 6.08 Å². The van der Waals surface area contributed by atoms with Gasteiger partial charge in [0.25, 0.3) is 5.91 Å². The Kier molecular flexibility index (Phi) is 3.86. The van der Waals surface area contributed by atoms with E-state index in [1.807, 2.05) is 5.32 Å². The highest BCUT2D eigenvalue weighted by Crippen LogP contribution is 2.31. The zero-order valence-corrected chi connectivity index (χ0v) is 10.4. The molecule has 0 bridgehead atoms. The van der Waals surface area contributed by atoms with E-state index < -0.39 is 11.9 Å². The lowest BCUT2D eigenvalue weighted by Crippen LogP contribution is -2.35. The van der Waals surface area contributed by atoms with E-state index in [2.05, 4.69) is 0 Å². The Balaban J connectivity index is 2.26. The fraction of sp³-hybridized carbons (Fsp3) is 0.154. The van der Waals surface area contributed by atoms with Crippen molar-refractivity contribution in [1.29, 1.82) is 5.26 Å². The van der Waals surface area contributed by atoms with E-state index in [1.54, 1.807) is 24.3 Å². The molecule has 102 valence electrons. The zero-order valence-electron chi connectivity index (χ0n) is 10.4. The number of carbonyl (C=O) groups excluding carboxylic acids is 2. The van der Waals surface area contributed by atoms with Gasteiger partial charge in [0.05, 0.1) is 0 Å². The van der Waals surface area contributed by atoms with E-state index in [0.717, 1.165) is 0 Å². The predicted octanol–water partition coefficient (Wildman–Crippen LogP) is 0.560. The number of ether oxygens (including phenoxy) is 2. The van der Waals surface area contributed by atoms with E-state index in [9.17, 15) is 9.59 Å². The van der Waals surface area contributed by atoms with Crippen molar-refractivity contribution in [3.8, 4) is 17.6 Å². The molecule has 20 heavy (non-hydrogen) atoms. The number of nitrogens with two attached hydrogens (primary N) is 1. The van der Waals surface area contributed by atoms with Crippen LogP contribution in [0.2, 0.25) is 0 Å². The van der Waals surface area contributed by atoms with Gasteiger partial charge in [-0.05, 0) is 23.8 Å². The molecule has 0 saturated carbocycles. The Morgan fingerprint density at radius 2 is 2.00 bits per heavy atom. The number of rotatable bonds is 2. The minimum atomic E-state index is -1.02. The van der Waals surface area contributed by atoms with Crippen LogP contribution in [0.1, 0.15) is 5.56 Å². The van der Waals surface area contributed by atoms with Gasteiger partial charge in [-0.15, -0.1) is 0 Å². The molecule has 0 aromatic heterocycles. The standard InChI is InChI=1S/C13H11N3O4/c14-7-9(12(17)16-13(15)18)5-8-1-2-10-11(6-8)20-4-3-19-10/h1-2,5-6H,3-4H2,(H3,15,16,17,18)/b9-5-. The van der Waals surface area contributed by atoms with E-state index in [0.29, 0.717) is 30.3 Å². The molecular weight excluding hydrogens is 262 g/mol. The number of nitrogens with zero attached hydrogens (tertiary/aromatic N) is 1. The first-order valence-electron chi connectivity index (χ1n) is 5.72. The second-order valence-electron chi connectivity index (χ2n) is 3.89. The third-order valence-corrected chi connectivity index (χ3v) is 2.48. The number of hydrogen-bond acceptors (Lipinski definition) is 5. The van der Waals surface area contributed by atoms with Gasteiger partial charge in [-0.25, -0.2) is 4.79 Å². The summed E-state index contributed by atoms with van der Waals surface area (Å²) < 4.78 is 10.8. The molecule has 0 radical (unpaired) electrons. The minimum Gasteiger partial charge on any atom is -0.486 e. The highest BCUT2D eigenvalue weighted by molar-refractivity contribution is 6.08. The Morgan fingerprint density at radius 3 is 2.65 bits per heavy atom. The van der Waals surface area contributed by atoms with Gasteiger partial charge in [0, 0.05) is 0 Å². The van der Waals surface area contributed by atoms with Gasteiger partial charge in [-0.1, -0.05) is 6.07 Å². The van der Waals surface area contributed by atoms with Gasteiger partial charge < -0.3 is 15.2 Å². The normalized spacial score (nSPS) is 13.2. The van der Waals surface area contributed by atoms with Crippen LogP contribution in [0.4, 0.5) is 4.79 Å². The summed E-state index contributed by atoms with van der Waals surface area (Å²) in [6.45, 7) is 0.917. The van der Waals surface area contributed by atoms with E-state index >= 15 is 0 Å². The number of amides is 3. The summed E-state index contributed by atoms with van der Waals surface area (Å²) in [6.07, 6.45) is 1.33. The molecule has 1 heterocycles. The molecule has 2 rings (SSSR count). The number of fused-ring (bicyclic) bond motifs is 1. The molecule has 7 nitrogen and oxygen atoms in total. The van der Waals surface area contributed by atoms with Crippen molar-refractivity contribution < 1.29 is 19.1 Å². The van der Waals surface area contributed by atoms with Gasteiger partial charge in [0.1, 0.15) is 24.9 Å². The molecule has 7 heteroatoms. The minimum absolute atomic E-state index is 0.236. The number of carbonyl (C=O) groups is 2. The molecule has 0 aliphatic carbocycles. The van der Waals surface area contributed by atoms with E-state index in [4.69, 9.17) is 20.5 Å². The molecule has 0 atom stereocenters. The molecule has 0 spiro atoms. The lowest BCUT2D eigenvalue weighted by molar-refractivity contribution is -0.115. The fourth-order valence-electron chi connectivity index (χ4n) is 1.64. The zero-order chi connectivity index (χ0) is 14.5.